The zero-order valence-corrected chi connectivity index (χ0v) is 12.4. The fourth-order valence-corrected chi connectivity index (χ4v) is 3.04. The second-order valence-corrected chi connectivity index (χ2v) is 6.41. The van der Waals surface area contributed by atoms with Gasteiger partial charge in [-0.15, -0.1) is 11.6 Å². The number of hydrogen-bond acceptors (Lipinski definition) is 2. The first-order valence-corrected chi connectivity index (χ1v) is 7.29. The third-order valence-electron chi connectivity index (χ3n) is 4.27. The maximum Gasteiger partial charge on any atom is 0.0597 e. The van der Waals surface area contributed by atoms with Gasteiger partial charge in [-0.1, -0.05) is 13.8 Å². The quantitative estimate of drug-likeness (QED) is 0.762. The van der Waals surface area contributed by atoms with Crippen molar-refractivity contribution in [3.8, 4) is 0 Å². The highest BCUT2D eigenvalue weighted by Crippen LogP contribution is 2.38. The molecule has 18 heavy (non-hydrogen) atoms. The first-order chi connectivity index (χ1) is 8.53. The van der Waals surface area contributed by atoms with E-state index in [1.165, 1.54) is 36.9 Å². The highest BCUT2D eigenvalue weighted by Gasteiger charge is 2.29. The van der Waals surface area contributed by atoms with Gasteiger partial charge in [-0.05, 0) is 42.7 Å². The summed E-state index contributed by atoms with van der Waals surface area (Å²) in [4.78, 5) is 6.61. The summed E-state index contributed by atoms with van der Waals surface area (Å²) in [5.74, 6) is 0.556. The molecule has 1 aliphatic rings. The highest BCUT2D eigenvalue weighted by atomic mass is 35.5. The number of aromatic nitrogens is 1. The standard InChI is InChI=1S/C15H23ClN2/c1-15(2)7-4-13(5-8-15)18(3)14-11-17-9-6-12(14)10-16/h6,9,11,13H,4-5,7-8,10H2,1-3H3. The molecule has 0 spiro atoms. The summed E-state index contributed by atoms with van der Waals surface area (Å²) in [6, 6.07) is 2.65. The molecule has 3 heteroatoms. The predicted molar refractivity (Wildman–Crippen MR) is 78.2 cm³/mol. The van der Waals surface area contributed by atoms with Crippen molar-refractivity contribution in [2.45, 2.75) is 51.5 Å². The van der Waals surface area contributed by atoms with Crippen LogP contribution >= 0.6 is 11.6 Å². The van der Waals surface area contributed by atoms with Crippen molar-refractivity contribution in [3.63, 3.8) is 0 Å². The minimum Gasteiger partial charge on any atom is -0.370 e. The molecule has 1 heterocycles. The van der Waals surface area contributed by atoms with E-state index in [0.717, 1.165) is 0 Å². The second kappa shape index (κ2) is 5.48. The Kier molecular flexibility index (Phi) is 4.16. The molecule has 1 fully saturated rings. The van der Waals surface area contributed by atoms with Gasteiger partial charge in [0.1, 0.15) is 0 Å². The summed E-state index contributed by atoms with van der Waals surface area (Å²) in [5, 5.41) is 0. The van der Waals surface area contributed by atoms with E-state index in [4.69, 9.17) is 11.6 Å². The van der Waals surface area contributed by atoms with Gasteiger partial charge in [-0.2, -0.15) is 0 Å². The van der Waals surface area contributed by atoms with Crippen molar-refractivity contribution in [1.29, 1.82) is 0 Å². The van der Waals surface area contributed by atoms with Crippen LogP contribution in [-0.2, 0) is 5.88 Å². The molecule has 0 unspecified atom stereocenters. The van der Waals surface area contributed by atoms with Gasteiger partial charge in [-0.3, -0.25) is 4.98 Å². The van der Waals surface area contributed by atoms with Crippen molar-refractivity contribution >= 4 is 17.3 Å². The van der Waals surface area contributed by atoms with Gasteiger partial charge in [0.2, 0.25) is 0 Å². The average Bonchev–Trinajstić information content (AvgIpc) is 2.38. The molecule has 0 radical (unpaired) electrons. The average molecular weight is 267 g/mol. The highest BCUT2D eigenvalue weighted by molar-refractivity contribution is 6.17. The molecule has 1 aliphatic carbocycles. The van der Waals surface area contributed by atoms with Crippen molar-refractivity contribution in [1.82, 2.24) is 4.98 Å². The molecule has 0 amide bonds. The van der Waals surface area contributed by atoms with E-state index in [9.17, 15) is 0 Å². The monoisotopic (exact) mass is 266 g/mol. The smallest absolute Gasteiger partial charge is 0.0597 e. The molecule has 1 aromatic heterocycles. The van der Waals surface area contributed by atoms with E-state index in [-0.39, 0.29) is 0 Å². The summed E-state index contributed by atoms with van der Waals surface area (Å²) in [6.07, 6.45) is 8.90. The Bertz CT molecular complexity index is 393. The topological polar surface area (TPSA) is 16.1 Å². The molecule has 2 nitrogen and oxygen atoms in total. The van der Waals surface area contributed by atoms with Crippen LogP contribution in [0, 0.1) is 5.41 Å². The van der Waals surface area contributed by atoms with E-state index in [0.29, 0.717) is 17.3 Å². The maximum absolute atomic E-state index is 6.01. The molecule has 2 rings (SSSR count). The lowest BCUT2D eigenvalue weighted by Crippen LogP contribution is -2.37. The third-order valence-corrected chi connectivity index (χ3v) is 4.56. The lowest BCUT2D eigenvalue weighted by molar-refractivity contribution is 0.222. The normalized spacial score (nSPS) is 19.8. The zero-order valence-electron chi connectivity index (χ0n) is 11.6. The number of nitrogens with zero attached hydrogens (tertiary/aromatic N) is 2. The number of alkyl halides is 1. The molecule has 0 N–H and O–H groups in total. The summed E-state index contributed by atoms with van der Waals surface area (Å²) in [6.45, 7) is 4.75. The van der Waals surface area contributed by atoms with Gasteiger partial charge < -0.3 is 4.90 Å². The second-order valence-electron chi connectivity index (χ2n) is 6.14. The van der Waals surface area contributed by atoms with Crippen LogP contribution in [0.3, 0.4) is 0 Å². The van der Waals surface area contributed by atoms with Gasteiger partial charge in [0.15, 0.2) is 0 Å². The van der Waals surface area contributed by atoms with Gasteiger partial charge in [0, 0.05) is 25.2 Å². The van der Waals surface area contributed by atoms with E-state index in [1.807, 2.05) is 18.5 Å². The SMILES string of the molecule is CN(c1cnccc1CCl)C1CCC(C)(C)CC1. The Hall–Kier alpha value is -0.760. The minimum absolute atomic E-state index is 0.515. The van der Waals surface area contributed by atoms with Gasteiger partial charge >= 0.3 is 0 Å². The van der Waals surface area contributed by atoms with Crippen molar-refractivity contribution in [2.24, 2.45) is 5.41 Å². The number of rotatable bonds is 3. The predicted octanol–water partition coefficient (Wildman–Crippen LogP) is 4.23. The fraction of sp³-hybridized carbons (Fsp3) is 0.667. The van der Waals surface area contributed by atoms with Crippen LogP contribution in [0.1, 0.15) is 45.1 Å². The first kappa shape index (κ1) is 13.7. The number of halogens is 1. The molecular formula is C15H23ClN2. The zero-order chi connectivity index (χ0) is 13.2. The van der Waals surface area contributed by atoms with E-state index >= 15 is 0 Å². The van der Waals surface area contributed by atoms with E-state index < -0.39 is 0 Å². The summed E-state index contributed by atoms with van der Waals surface area (Å²) < 4.78 is 0. The molecule has 0 atom stereocenters. The van der Waals surface area contributed by atoms with Gasteiger partial charge in [0.05, 0.1) is 11.9 Å². The van der Waals surface area contributed by atoms with Crippen LogP contribution in [0.15, 0.2) is 18.5 Å². The van der Waals surface area contributed by atoms with E-state index in [2.05, 4.69) is 30.8 Å². The third kappa shape index (κ3) is 2.97. The van der Waals surface area contributed by atoms with Crippen molar-refractivity contribution in [3.05, 3.63) is 24.0 Å². The Labute approximate surface area is 115 Å². The molecule has 0 saturated heterocycles. The Balaban J connectivity index is 2.10. The van der Waals surface area contributed by atoms with Crippen LogP contribution in [0.2, 0.25) is 0 Å². The summed E-state index contributed by atoms with van der Waals surface area (Å²) in [5.41, 5.74) is 2.89. The lowest BCUT2D eigenvalue weighted by atomic mass is 9.75. The number of hydrogen-bond donors (Lipinski definition) is 0. The number of pyridine rings is 1. The Morgan fingerprint density at radius 2 is 2.06 bits per heavy atom. The number of anilines is 1. The summed E-state index contributed by atoms with van der Waals surface area (Å²) in [7, 11) is 2.18. The largest absolute Gasteiger partial charge is 0.370 e. The molecule has 1 saturated carbocycles. The Morgan fingerprint density at radius 3 is 2.67 bits per heavy atom. The van der Waals surface area contributed by atoms with E-state index in [1.54, 1.807) is 0 Å². The maximum atomic E-state index is 6.01. The first-order valence-electron chi connectivity index (χ1n) is 6.75. The summed E-state index contributed by atoms with van der Waals surface area (Å²) >= 11 is 6.01. The van der Waals surface area contributed by atoms with Crippen LogP contribution in [-0.4, -0.2) is 18.1 Å². The molecule has 0 bridgehead atoms. The molecule has 100 valence electrons. The van der Waals surface area contributed by atoms with Crippen LogP contribution in [0.5, 0.6) is 0 Å². The minimum atomic E-state index is 0.515. The molecular weight excluding hydrogens is 244 g/mol. The van der Waals surface area contributed by atoms with Crippen LogP contribution in [0.4, 0.5) is 5.69 Å². The van der Waals surface area contributed by atoms with Gasteiger partial charge in [0.25, 0.3) is 0 Å². The van der Waals surface area contributed by atoms with Crippen LogP contribution in [0.25, 0.3) is 0 Å². The van der Waals surface area contributed by atoms with Crippen molar-refractivity contribution in [2.75, 3.05) is 11.9 Å². The van der Waals surface area contributed by atoms with Crippen LogP contribution < -0.4 is 4.90 Å². The fourth-order valence-electron chi connectivity index (χ4n) is 2.81. The molecule has 0 aromatic carbocycles. The lowest BCUT2D eigenvalue weighted by Gasteiger charge is -2.40. The Morgan fingerprint density at radius 1 is 1.39 bits per heavy atom. The molecule has 1 aromatic rings. The van der Waals surface area contributed by atoms with Gasteiger partial charge in [-0.25, -0.2) is 0 Å². The van der Waals surface area contributed by atoms with Crippen molar-refractivity contribution < 1.29 is 0 Å². The molecule has 0 aliphatic heterocycles.